The Morgan fingerprint density at radius 1 is 1.04 bits per heavy atom. The van der Waals surface area contributed by atoms with E-state index in [0.29, 0.717) is 12.3 Å². The molecule has 0 aromatic heterocycles. The van der Waals surface area contributed by atoms with Crippen molar-refractivity contribution in [2.45, 2.75) is 98.3 Å². The van der Waals surface area contributed by atoms with Crippen molar-refractivity contribution in [2.75, 3.05) is 0 Å². The van der Waals surface area contributed by atoms with Gasteiger partial charge in [-0.05, 0) is 30.6 Å². The fourth-order valence-electron chi connectivity index (χ4n) is 3.45. The zero-order chi connectivity index (χ0) is 19.3. The molecule has 0 saturated carbocycles. The van der Waals surface area contributed by atoms with E-state index in [1.165, 1.54) is 25.7 Å². The summed E-state index contributed by atoms with van der Waals surface area (Å²) in [6, 6.07) is 0. The number of carbonyl (C=O) groups is 2. The van der Waals surface area contributed by atoms with Gasteiger partial charge < -0.3 is 5.11 Å². The first-order valence-electron chi connectivity index (χ1n) is 10.1. The summed E-state index contributed by atoms with van der Waals surface area (Å²) in [5, 5.41) is 9.60. The lowest BCUT2D eigenvalue weighted by Crippen LogP contribution is -2.37. The van der Waals surface area contributed by atoms with Gasteiger partial charge in [-0.25, -0.2) is 0 Å². The molecule has 0 aliphatic carbocycles. The topological polar surface area (TPSA) is 54.4 Å². The number of allylic oxidation sites excluding steroid dienone is 1. The third-order valence-electron chi connectivity index (χ3n) is 5.26. The van der Waals surface area contributed by atoms with Gasteiger partial charge in [-0.15, -0.1) is 6.58 Å². The minimum absolute atomic E-state index is 0.0946. The highest BCUT2D eigenvalue weighted by Crippen LogP contribution is 2.35. The minimum atomic E-state index is -0.963. The lowest BCUT2D eigenvalue weighted by molar-refractivity contribution is -0.151. The third-order valence-corrected chi connectivity index (χ3v) is 5.26. The predicted octanol–water partition coefficient (Wildman–Crippen LogP) is 6.42. The predicted molar refractivity (Wildman–Crippen MR) is 106 cm³/mol. The zero-order valence-electron chi connectivity index (χ0n) is 17.0. The molecule has 2 unspecified atom stereocenters. The van der Waals surface area contributed by atoms with E-state index in [1.54, 1.807) is 0 Å². The minimum Gasteiger partial charge on any atom is -0.481 e. The lowest BCUT2D eigenvalue weighted by atomic mass is 9.72. The Bertz CT molecular complexity index is 398. The second-order valence-electron chi connectivity index (χ2n) is 8.20. The van der Waals surface area contributed by atoms with Gasteiger partial charge in [0.2, 0.25) is 0 Å². The van der Waals surface area contributed by atoms with Gasteiger partial charge in [-0.2, -0.15) is 0 Å². The van der Waals surface area contributed by atoms with E-state index < -0.39 is 17.3 Å². The van der Waals surface area contributed by atoms with Crippen molar-refractivity contribution in [2.24, 2.45) is 17.3 Å². The number of Topliss-reactive ketones (excluding diaryl/α,β-unsaturated/α-hetero) is 1. The Morgan fingerprint density at radius 2 is 1.60 bits per heavy atom. The first kappa shape index (κ1) is 23.9. The molecule has 0 aromatic rings. The quantitative estimate of drug-likeness (QED) is 0.198. The summed E-state index contributed by atoms with van der Waals surface area (Å²) in [6.07, 6.45) is 13.0. The number of rotatable bonds is 16. The molecule has 3 nitrogen and oxygen atoms in total. The average Bonchev–Trinajstić information content (AvgIpc) is 2.52. The van der Waals surface area contributed by atoms with Gasteiger partial charge in [0.15, 0.2) is 0 Å². The summed E-state index contributed by atoms with van der Waals surface area (Å²) in [4.78, 5) is 24.2. The molecule has 0 aromatic carbocycles. The molecule has 2 atom stereocenters. The average molecular weight is 353 g/mol. The molecule has 0 radical (unpaired) electrons. The maximum Gasteiger partial charge on any atom is 0.314 e. The van der Waals surface area contributed by atoms with E-state index in [0.717, 1.165) is 38.5 Å². The Morgan fingerprint density at radius 3 is 2.12 bits per heavy atom. The van der Waals surface area contributed by atoms with Crippen molar-refractivity contribution in [3.05, 3.63) is 12.7 Å². The summed E-state index contributed by atoms with van der Waals surface area (Å²) in [7, 11) is 0. The van der Waals surface area contributed by atoms with E-state index in [2.05, 4.69) is 20.4 Å². The number of hydrogen-bond donors (Lipinski definition) is 1. The van der Waals surface area contributed by atoms with Gasteiger partial charge in [-0.1, -0.05) is 78.7 Å². The first-order chi connectivity index (χ1) is 11.8. The molecule has 0 saturated heterocycles. The monoisotopic (exact) mass is 352 g/mol. The fraction of sp³-hybridized carbons (Fsp3) is 0.818. The molecular formula is C22H40O3. The van der Waals surface area contributed by atoms with Crippen LogP contribution in [0.1, 0.15) is 98.3 Å². The third kappa shape index (κ3) is 10.5. The van der Waals surface area contributed by atoms with Crippen LogP contribution in [0.4, 0.5) is 0 Å². The highest BCUT2D eigenvalue weighted by Gasteiger charge is 2.39. The van der Waals surface area contributed by atoms with E-state index in [-0.39, 0.29) is 5.78 Å². The standard InChI is InChI=1S/C22H40O3/c1-6-8-9-10-11-12-13-16-19(23)20(21(24)25)22(4,5)17-14-15-18(3)7-2/h7,18,20H,2,6,8-17H2,1,3-5H3,(H,24,25). The van der Waals surface area contributed by atoms with Gasteiger partial charge in [-0.3, -0.25) is 9.59 Å². The van der Waals surface area contributed by atoms with E-state index in [4.69, 9.17) is 0 Å². The maximum absolute atomic E-state index is 12.5. The Balaban J connectivity index is 4.37. The maximum atomic E-state index is 12.5. The molecule has 0 aliphatic rings. The summed E-state index contributed by atoms with van der Waals surface area (Å²) in [5.74, 6) is -1.51. The molecule has 0 amide bonds. The van der Waals surface area contributed by atoms with Crippen molar-refractivity contribution >= 4 is 11.8 Å². The van der Waals surface area contributed by atoms with Crippen LogP contribution in [0, 0.1) is 17.3 Å². The van der Waals surface area contributed by atoms with Gasteiger partial charge in [0.05, 0.1) is 0 Å². The molecule has 0 heterocycles. The van der Waals surface area contributed by atoms with Crippen molar-refractivity contribution in [3.63, 3.8) is 0 Å². The second-order valence-corrected chi connectivity index (χ2v) is 8.20. The van der Waals surface area contributed by atoms with Crippen LogP contribution in [0.2, 0.25) is 0 Å². The number of aliphatic carboxylic acids is 1. The summed E-state index contributed by atoms with van der Waals surface area (Å²) < 4.78 is 0. The Kier molecular flexibility index (Phi) is 12.5. The molecule has 0 bridgehead atoms. The van der Waals surface area contributed by atoms with E-state index in [1.807, 2.05) is 19.9 Å². The normalized spacial score (nSPS) is 14.1. The van der Waals surface area contributed by atoms with Crippen LogP contribution in [-0.4, -0.2) is 16.9 Å². The van der Waals surface area contributed by atoms with Crippen LogP contribution in [0.5, 0.6) is 0 Å². The van der Waals surface area contributed by atoms with Gasteiger partial charge >= 0.3 is 5.97 Å². The number of carboxylic acids is 1. The number of carbonyl (C=O) groups excluding carboxylic acids is 1. The highest BCUT2D eigenvalue weighted by atomic mass is 16.4. The van der Waals surface area contributed by atoms with Gasteiger partial charge in [0.25, 0.3) is 0 Å². The van der Waals surface area contributed by atoms with E-state index >= 15 is 0 Å². The second kappa shape index (κ2) is 13.1. The molecule has 3 heteroatoms. The largest absolute Gasteiger partial charge is 0.481 e. The number of unbranched alkanes of at least 4 members (excludes halogenated alkanes) is 6. The van der Waals surface area contributed by atoms with Gasteiger partial charge in [0, 0.05) is 6.42 Å². The molecule has 146 valence electrons. The van der Waals surface area contributed by atoms with Crippen molar-refractivity contribution in [3.8, 4) is 0 Å². The highest BCUT2D eigenvalue weighted by molar-refractivity contribution is 5.99. The number of carboxylic acid groups (broad SMARTS) is 1. The van der Waals surface area contributed by atoms with E-state index in [9.17, 15) is 14.7 Å². The fourth-order valence-corrected chi connectivity index (χ4v) is 3.45. The van der Waals surface area contributed by atoms with Gasteiger partial charge in [0.1, 0.15) is 11.7 Å². The Hall–Kier alpha value is -1.12. The van der Waals surface area contributed by atoms with Crippen molar-refractivity contribution < 1.29 is 14.7 Å². The van der Waals surface area contributed by atoms with Crippen LogP contribution in [0.25, 0.3) is 0 Å². The molecule has 0 fully saturated rings. The van der Waals surface area contributed by atoms with Crippen LogP contribution in [-0.2, 0) is 9.59 Å². The van der Waals surface area contributed by atoms with Crippen LogP contribution < -0.4 is 0 Å². The van der Waals surface area contributed by atoms with Crippen LogP contribution >= 0.6 is 0 Å². The molecule has 0 spiro atoms. The molecule has 25 heavy (non-hydrogen) atoms. The van der Waals surface area contributed by atoms with Crippen molar-refractivity contribution in [1.82, 2.24) is 0 Å². The summed E-state index contributed by atoms with van der Waals surface area (Å²) >= 11 is 0. The number of hydrogen-bond acceptors (Lipinski definition) is 2. The van der Waals surface area contributed by atoms with Crippen molar-refractivity contribution in [1.29, 1.82) is 0 Å². The molecule has 1 N–H and O–H groups in total. The summed E-state index contributed by atoms with van der Waals surface area (Å²) in [6.45, 7) is 11.9. The number of ketones is 1. The van der Waals surface area contributed by atoms with Crippen LogP contribution in [0.3, 0.4) is 0 Å². The first-order valence-corrected chi connectivity index (χ1v) is 10.1. The Labute approximate surface area is 155 Å². The van der Waals surface area contributed by atoms with Crippen LogP contribution in [0.15, 0.2) is 12.7 Å². The molecule has 0 aliphatic heterocycles. The summed E-state index contributed by atoms with van der Waals surface area (Å²) in [5.41, 5.74) is -0.495. The smallest absolute Gasteiger partial charge is 0.314 e. The molecule has 0 rings (SSSR count). The molecular weight excluding hydrogens is 312 g/mol. The zero-order valence-corrected chi connectivity index (χ0v) is 17.0. The SMILES string of the molecule is C=CC(C)CCCC(C)(C)C(C(=O)O)C(=O)CCCCCCCCC. The lowest BCUT2D eigenvalue weighted by Gasteiger charge is -2.31.